The Bertz CT molecular complexity index is 1730. The van der Waals surface area contributed by atoms with E-state index in [-0.39, 0.29) is 37.3 Å². The number of phenols is 1. The smallest absolute Gasteiger partial charge is 0.318 e. The highest BCUT2D eigenvalue weighted by molar-refractivity contribution is 6.01. The minimum Gasteiger partial charge on any atom is -0.508 e. The molecular weight excluding hydrogens is 589 g/mol. The van der Waals surface area contributed by atoms with Crippen LogP contribution in [0.15, 0.2) is 49.3 Å². The Hall–Kier alpha value is -4.73. The van der Waals surface area contributed by atoms with E-state index in [2.05, 4.69) is 29.0 Å². The number of piperazine rings is 1. The Morgan fingerprint density at radius 1 is 1.20 bits per heavy atom. The molecule has 11 nitrogen and oxygen atoms in total. The molecule has 1 aromatic heterocycles. The van der Waals surface area contributed by atoms with Gasteiger partial charge in [-0.05, 0) is 36.9 Å². The number of phenolic OH excluding ortho intramolecular Hbond substituents is 1. The second-order valence-corrected chi connectivity index (χ2v) is 12.2. The third kappa shape index (κ3) is 6.08. The van der Waals surface area contributed by atoms with Crippen LogP contribution >= 0.6 is 0 Å². The Balaban J connectivity index is 1.36. The van der Waals surface area contributed by atoms with E-state index in [0.717, 1.165) is 33.3 Å². The topological polar surface area (TPSA) is 129 Å². The standard InChI is InChI=1S/C34H38FN7O4/c1-4-22-6-5-7-23-14-26(43)16-30(31(22)23)40-11-9-28-29(19-40)37-34(46-20-25-15-27(44)18-39(25)3)38-32(28)41-12-13-42(33(45)21(2)35)24(17-41)8-10-36/h4-7,14,16,24-25,27,43-44H,1-2,8-9,11-13,15,17-20H2,3H3/t24-,25-,27?/m0/s1. The second-order valence-electron chi connectivity index (χ2n) is 12.2. The Morgan fingerprint density at radius 3 is 2.74 bits per heavy atom. The maximum absolute atomic E-state index is 13.8. The van der Waals surface area contributed by atoms with Crippen molar-refractivity contribution in [3.63, 3.8) is 0 Å². The molecule has 0 saturated carbocycles. The van der Waals surface area contributed by atoms with Crippen LogP contribution < -0.4 is 14.5 Å². The van der Waals surface area contributed by atoms with E-state index in [1.54, 1.807) is 12.1 Å². The van der Waals surface area contributed by atoms with Gasteiger partial charge in [-0.15, -0.1) is 0 Å². The van der Waals surface area contributed by atoms with Gasteiger partial charge in [-0.1, -0.05) is 37.4 Å². The molecule has 0 bridgehead atoms. The number of hydrogen-bond donors (Lipinski definition) is 2. The molecule has 2 fully saturated rings. The number of carbonyl (C=O) groups is 1. The number of aromatic nitrogens is 2. The molecule has 240 valence electrons. The third-order valence-corrected chi connectivity index (χ3v) is 9.23. The van der Waals surface area contributed by atoms with Gasteiger partial charge < -0.3 is 29.6 Å². The van der Waals surface area contributed by atoms with Crippen LogP contribution in [0, 0.1) is 11.3 Å². The fraction of sp³-hybridized carbons (Fsp3) is 0.412. The molecule has 6 rings (SSSR count). The number of benzene rings is 2. The van der Waals surface area contributed by atoms with Crippen molar-refractivity contribution in [3.8, 4) is 17.8 Å². The van der Waals surface area contributed by atoms with Crippen LogP contribution in [0.1, 0.15) is 29.7 Å². The lowest BCUT2D eigenvalue weighted by atomic mass is 9.98. The number of halogens is 1. The number of likely N-dealkylation sites (N-methyl/N-ethyl adjacent to an activating group) is 1. The predicted molar refractivity (Wildman–Crippen MR) is 173 cm³/mol. The van der Waals surface area contributed by atoms with Gasteiger partial charge in [0, 0.05) is 61.5 Å². The van der Waals surface area contributed by atoms with Gasteiger partial charge in [0.25, 0.3) is 5.91 Å². The van der Waals surface area contributed by atoms with E-state index in [4.69, 9.17) is 14.7 Å². The third-order valence-electron chi connectivity index (χ3n) is 9.23. The molecule has 1 amide bonds. The zero-order valence-corrected chi connectivity index (χ0v) is 25.9. The van der Waals surface area contributed by atoms with Gasteiger partial charge in [-0.2, -0.15) is 15.2 Å². The molecule has 46 heavy (non-hydrogen) atoms. The normalized spacial score (nSPS) is 21.6. The number of amides is 1. The number of fused-ring (bicyclic) bond motifs is 2. The van der Waals surface area contributed by atoms with Gasteiger partial charge in [-0.25, -0.2) is 4.39 Å². The fourth-order valence-corrected chi connectivity index (χ4v) is 6.92. The van der Waals surface area contributed by atoms with Crippen LogP contribution in [0.5, 0.6) is 11.8 Å². The zero-order chi connectivity index (χ0) is 32.5. The van der Waals surface area contributed by atoms with Gasteiger partial charge in [0.15, 0.2) is 5.83 Å². The summed E-state index contributed by atoms with van der Waals surface area (Å²) in [5.41, 5.74) is 3.54. The Kier molecular flexibility index (Phi) is 8.80. The van der Waals surface area contributed by atoms with Crippen molar-refractivity contribution in [1.29, 1.82) is 5.26 Å². The molecule has 3 aliphatic rings. The average Bonchev–Trinajstić information content (AvgIpc) is 3.38. The lowest BCUT2D eigenvalue weighted by Gasteiger charge is -2.42. The SMILES string of the molecule is C=Cc1cccc2cc(O)cc(N3CCc4c(nc(OC[C@@H]5CC(O)CN5C)nc4N4CCN(C(=O)C(=C)F)[C@@H](CC#N)C4)C3)c12. The summed E-state index contributed by atoms with van der Waals surface area (Å²) >= 11 is 0. The maximum atomic E-state index is 13.8. The number of nitrogens with zero attached hydrogens (tertiary/aromatic N) is 7. The molecule has 2 N–H and O–H groups in total. The van der Waals surface area contributed by atoms with Crippen molar-refractivity contribution in [2.45, 2.75) is 44.0 Å². The maximum Gasteiger partial charge on any atom is 0.318 e. The summed E-state index contributed by atoms with van der Waals surface area (Å²) in [4.78, 5) is 29.9. The molecule has 3 aromatic rings. The van der Waals surface area contributed by atoms with Crippen molar-refractivity contribution >= 4 is 34.3 Å². The number of β-amino-alcohol motifs (C(OH)–C–C–N with tert-alkyl or cyclic N) is 1. The summed E-state index contributed by atoms with van der Waals surface area (Å²) in [6.45, 7) is 9.95. The highest BCUT2D eigenvalue weighted by Gasteiger charge is 2.35. The first-order valence-electron chi connectivity index (χ1n) is 15.5. The van der Waals surface area contributed by atoms with Gasteiger partial charge in [-0.3, -0.25) is 9.69 Å². The Labute approximate surface area is 267 Å². The molecule has 3 aliphatic heterocycles. The zero-order valence-electron chi connectivity index (χ0n) is 25.9. The van der Waals surface area contributed by atoms with Crippen LogP contribution in [-0.2, 0) is 17.8 Å². The molecular formula is C34H38FN7O4. The van der Waals surface area contributed by atoms with Gasteiger partial charge in [0.1, 0.15) is 18.2 Å². The summed E-state index contributed by atoms with van der Waals surface area (Å²) in [7, 11) is 1.95. The minimum absolute atomic E-state index is 0.00827. The lowest BCUT2D eigenvalue weighted by Crippen LogP contribution is -2.55. The quantitative estimate of drug-likeness (QED) is 0.359. The highest BCUT2D eigenvalue weighted by Crippen LogP contribution is 2.38. The van der Waals surface area contributed by atoms with E-state index in [0.29, 0.717) is 51.4 Å². The number of nitriles is 1. The van der Waals surface area contributed by atoms with Gasteiger partial charge in [0.2, 0.25) is 0 Å². The largest absolute Gasteiger partial charge is 0.508 e. The van der Waals surface area contributed by atoms with E-state index in [1.165, 1.54) is 4.90 Å². The van der Waals surface area contributed by atoms with Crippen LogP contribution in [0.25, 0.3) is 16.8 Å². The number of aromatic hydroxyl groups is 1. The molecule has 4 heterocycles. The molecule has 0 spiro atoms. The summed E-state index contributed by atoms with van der Waals surface area (Å²) < 4.78 is 20.0. The molecule has 2 saturated heterocycles. The number of ether oxygens (including phenoxy) is 1. The number of hydrogen-bond acceptors (Lipinski definition) is 10. The van der Waals surface area contributed by atoms with Gasteiger partial charge >= 0.3 is 6.01 Å². The number of aliphatic hydroxyl groups is 1. The number of likely N-dealkylation sites (tertiary alicyclic amines) is 1. The van der Waals surface area contributed by atoms with Gasteiger partial charge in [0.05, 0.1) is 36.9 Å². The Morgan fingerprint density at radius 2 is 2.02 bits per heavy atom. The van der Waals surface area contributed by atoms with Crippen LogP contribution in [0.4, 0.5) is 15.9 Å². The average molecular weight is 628 g/mol. The minimum atomic E-state index is -1.05. The number of aliphatic hydroxyl groups excluding tert-OH is 1. The number of anilines is 2. The molecule has 12 heteroatoms. The molecule has 0 aliphatic carbocycles. The van der Waals surface area contributed by atoms with E-state index in [1.807, 2.05) is 36.2 Å². The molecule has 1 unspecified atom stereocenters. The van der Waals surface area contributed by atoms with Crippen molar-refractivity contribution in [2.75, 3.05) is 56.2 Å². The first kappa shape index (κ1) is 31.3. The summed E-state index contributed by atoms with van der Waals surface area (Å²) in [6, 6.07) is 11.2. The first-order chi connectivity index (χ1) is 22.2. The van der Waals surface area contributed by atoms with E-state index < -0.39 is 23.9 Å². The van der Waals surface area contributed by atoms with E-state index >= 15 is 0 Å². The molecule has 2 aromatic carbocycles. The second kappa shape index (κ2) is 12.9. The van der Waals surface area contributed by atoms with Crippen molar-refractivity contribution in [2.24, 2.45) is 0 Å². The predicted octanol–water partition coefficient (Wildman–Crippen LogP) is 3.40. The molecule has 3 atom stereocenters. The van der Waals surface area contributed by atoms with Crippen LogP contribution in [-0.4, -0.2) is 100 Å². The van der Waals surface area contributed by atoms with Crippen molar-refractivity contribution in [3.05, 3.63) is 66.1 Å². The van der Waals surface area contributed by atoms with Crippen LogP contribution in [0.2, 0.25) is 0 Å². The highest BCUT2D eigenvalue weighted by atomic mass is 19.1. The summed E-state index contributed by atoms with van der Waals surface area (Å²) in [5.74, 6) is -1.02. The van der Waals surface area contributed by atoms with Crippen molar-refractivity contribution < 1.29 is 24.1 Å². The fourth-order valence-electron chi connectivity index (χ4n) is 6.92. The lowest BCUT2D eigenvalue weighted by molar-refractivity contribution is -0.131. The number of carbonyl (C=O) groups excluding carboxylic acids is 1. The summed E-state index contributed by atoms with van der Waals surface area (Å²) in [5, 5.41) is 32.2. The van der Waals surface area contributed by atoms with Crippen molar-refractivity contribution in [1.82, 2.24) is 19.8 Å². The molecule has 0 radical (unpaired) electrons. The first-order valence-corrected chi connectivity index (χ1v) is 15.5. The number of rotatable bonds is 8. The van der Waals surface area contributed by atoms with Crippen LogP contribution in [0.3, 0.4) is 0 Å². The van der Waals surface area contributed by atoms with E-state index in [9.17, 15) is 24.7 Å². The summed E-state index contributed by atoms with van der Waals surface area (Å²) in [6.07, 6.45) is 2.61. The monoisotopic (exact) mass is 627 g/mol.